The smallest absolute Gasteiger partial charge is 0.267 e. The molecule has 1 unspecified atom stereocenters. The number of hydrogen-bond donors (Lipinski definition) is 1. The van der Waals surface area contributed by atoms with Gasteiger partial charge in [0.05, 0.1) is 4.90 Å². The first kappa shape index (κ1) is 14.4. The molecule has 1 atom stereocenters. The summed E-state index contributed by atoms with van der Waals surface area (Å²) in [5.41, 5.74) is 2.15. The molecule has 4 nitrogen and oxygen atoms in total. The Balaban J connectivity index is 1.89. The second kappa shape index (κ2) is 5.66. The van der Waals surface area contributed by atoms with E-state index in [-0.39, 0.29) is 0 Å². The van der Waals surface area contributed by atoms with Crippen molar-refractivity contribution in [2.45, 2.75) is 30.6 Å². The van der Waals surface area contributed by atoms with Gasteiger partial charge in [0.25, 0.3) is 10.0 Å². The van der Waals surface area contributed by atoms with Gasteiger partial charge in [0.15, 0.2) is 0 Å². The van der Waals surface area contributed by atoms with E-state index in [1.165, 1.54) is 3.97 Å². The number of nitrogens with zero attached hydrogens (tertiary/aromatic N) is 1. The third kappa shape index (κ3) is 2.89. The van der Waals surface area contributed by atoms with Gasteiger partial charge in [-0.2, -0.15) is 0 Å². The molecule has 1 fully saturated rings. The van der Waals surface area contributed by atoms with Crippen LogP contribution in [0.5, 0.6) is 0 Å². The summed E-state index contributed by atoms with van der Waals surface area (Å²) in [7, 11) is -3.48. The van der Waals surface area contributed by atoms with Crippen LogP contribution in [0.3, 0.4) is 0 Å². The summed E-state index contributed by atoms with van der Waals surface area (Å²) in [6.45, 7) is 3.92. The number of piperidine rings is 1. The second-order valence-corrected chi connectivity index (χ2v) is 7.48. The van der Waals surface area contributed by atoms with Gasteiger partial charge in [0.2, 0.25) is 0 Å². The van der Waals surface area contributed by atoms with Crippen molar-refractivity contribution in [3.05, 3.63) is 53.9 Å². The standard InChI is InChI=1S/C16H20N2O2S/c1-13-4-6-16(7-5-13)21(19,20)18-10-8-15(12-18)14-3-2-9-17-11-14/h4-8,10,12,14,17H,2-3,9,11H2,1H3. The largest absolute Gasteiger partial charge is 0.316 e. The molecule has 1 N–H and O–H groups in total. The summed E-state index contributed by atoms with van der Waals surface area (Å²) < 4.78 is 26.5. The maximum absolute atomic E-state index is 12.6. The Bertz CT molecular complexity index is 711. The molecule has 0 spiro atoms. The van der Waals surface area contributed by atoms with Gasteiger partial charge in [-0.3, -0.25) is 0 Å². The van der Waals surface area contributed by atoms with Gasteiger partial charge in [-0.25, -0.2) is 12.4 Å². The van der Waals surface area contributed by atoms with E-state index in [0.29, 0.717) is 10.8 Å². The Labute approximate surface area is 125 Å². The molecule has 2 heterocycles. The average Bonchev–Trinajstić information content (AvgIpc) is 2.99. The lowest BCUT2D eigenvalue weighted by molar-refractivity contribution is 0.462. The molecule has 112 valence electrons. The number of rotatable bonds is 3. The summed E-state index contributed by atoms with van der Waals surface area (Å²) in [5.74, 6) is 0.410. The molecule has 5 heteroatoms. The molecule has 0 aliphatic carbocycles. The first-order chi connectivity index (χ1) is 10.1. The van der Waals surface area contributed by atoms with Gasteiger partial charge < -0.3 is 5.32 Å². The third-order valence-electron chi connectivity index (χ3n) is 4.05. The van der Waals surface area contributed by atoms with Crippen molar-refractivity contribution in [2.75, 3.05) is 13.1 Å². The van der Waals surface area contributed by atoms with E-state index in [1.807, 2.05) is 25.1 Å². The van der Waals surface area contributed by atoms with E-state index in [2.05, 4.69) is 5.32 Å². The maximum Gasteiger partial charge on any atom is 0.267 e. The molecule has 2 aromatic rings. The van der Waals surface area contributed by atoms with Crippen molar-refractivity contribution in [2.24, 2.45) is 0 Å². The molecule has 1 aliphatic rings. The molecule has 0 saturated carbocycles. The van der Waals surface area contributed by atoms with Crippen LogP contribution in [-0.4, -0.2) is 25.5 Å². The normalized spacial score (nSPS) is 19.6. The highest BCUT2D eigenvalue weighted by Gasteiger charge is 2.20. The van der Waals surface area contributed by atoms with Crippen molar-refractivity contribution in [1.29, 1.82) is 0 Å². The zero-order valence-corrected chi connectivity index (χ0v) is 12.9. The average molecular weight is 304 g/mol. The van der Waals surface area contributed by atoms with Crippen LogP contribution in [0.1, 0.15) is 29.9 Å². The van der Waals surface area contributed by atoms with Crippen LogP contribution < -0.4 is 5.32 Å². The quantitative estimate of drug-likeness (QED) is 0.948. The predicted octanol–water partition coefficient (Wildman–Crippen LogP) is 2.50. The fourth-order valence-corrected chi connectivity index (χ4v) is 3.96. The highest BCUT2D eigenvalue weighted by atomic mass is 32.2. The Morgan fingerprint density at radius 1 is 1.19 bits per heavy atom. The lowest BCUT2D eigenvalue weighted by atomic mass is 9.94. The lowest BCUT2D eigenvalue weighted by Crippen LogP contribution is -2.28. The Morgan fingerprint density at radius 3 is 2.62 bits per heavy atom. The van der Waals surface area contributed by atoms with Crippen LogP contribution >= 0.6 is 0 Å². The minimum atomic E-state index is -3.48. The fraction of sp³-hybridized carbons (Fsp3) is 0.375. The second-order valence-electron chi connectivity index (χ2n) is 5.64. The van der Waals surface area contributed by atoms with Crippen LogP contribution in [-0.2, 0) is 10.0 Å². The first-order valence-electron chi connectivity index (χ1n) is 7.28. The Morgan fingerprint density at radius 2 is 1.95 bits per heavy atom. The SMILES string of the molecule is Cc1ccc(S(=O)(=O)n2ccc(C3CCCNC3)c2)cc1. The summed E-state index contributed by atoms with van der Waals surface area (Å²) in [5, 5.41) is 3.36. The van der Waals surface area contributed by atoms with Gasteiger partial charge in [-0.1, -0.05) is 17.7 Å². The summed E-state index contributed by atoms with van der Waals surface area (Å²) in [6.07, 6.45) is 5.66. The van der Waals surface area contributed by atoms with E-state index in [4.69, 9.17) is 0 Å². The number of aryl methyl sites for hydroxylation is 1. The van der Waals surface area contributed by atoms with E-state index >= 15 is 0 Å². The van der Waals surface area contributed by atoms with Crippen molar-refractivity contribution < 1.29 is 8.42 Å². The fourth-order valence-electron chi connectivity index (χ4n) is 2.75. The van der Waals surface area contributed by atoms with Crippen LogP contribution in [0, 0.1) is 6.92 Å². The number of hydrogen-bond acceptors (Lipinski definition) is 3. The minimum Gasteiger partial charge on any atom is -0.316 e. The van der Waals surface area contributed by atoms with Crippen LogP contribution in [0.2, 0.25) is 0 Å². The van der Waals surface area contributed by atoms with Gasteiger partial charge in [-0.05, 0) is 56.0 Å². The topological polar surface area (TPSA) is 51.1 Å². The summed E-state index contributed by atoms with van der Waals surface area (Å²) >= 11 is 0. The van der Waals surface area contributed by atoms with Crippen LogP contribution in [0.15, 0.2) is 47.6 Å². The zero-order chi connectivity index (χ0) is 14.9. The monoisotopic (exact) mass is 304 g/mol. The Hall–Kier alpha value is -1.59. The molecule has 0 amide bonds. The number of aromatic nitrogens is 1. The molecule has 1 aromatic heterocycles. The zero-order valence-electron chi connectivity index (χ0n) is 12.1. The van der Waals surface area contributed by atoms with Crippen molar-refractivity contribution >= 4 is 10.0 Å². The lowest BCUT2D eigenvalue weighted by Gasteiger charge is -2.21. The molecule has 21 heavy (non-hydrogen) atoms. The number of nitrogens with one attached hydrogen (secondary N) is 1. The van der Waals surface area contributed by atoms with E-state index in [0.717, 1.165) is 37.1 Å². The van der Waals surface area contributed by atoms with E-state index < -0.39 is 10.0 Å². The maximum atomic E-state index is 12.6. The van der Waals surface area contributed by atoms with Crippen LogP contribution in [0.25, 0.3) is 0 Å². The van der Waals surface area contributed by atoms with Gasteiger partial charge in [-0.15, -0.1) is 0 Å². The van der Waals surface area contributed by atoms with E-state index in [9.17, 15) is 8.42 Å². The molecule has 1 aliphatic heterocycles. The van der Waals surface area contributed by atoms with Gasteiger partial charge in [0.1, 0.15) is 0 Å². The van der Waals surface area contributed by atoms with Crippen molar-refractivity contribution in [1.82, 2.24) is 9.29 Å². The molecular formula is C16H20N2O2S. The predicted molar refractivity (Wildman–Crippen MR) is 83.0 cm³/mol. The Kier molecular flexibility index (Phi) is 3.87. The molecular weight excluding hydrogens is 284 g/mol. The summed E-state index contributed by atoms with van der Waals surface area (Å²) in [6, 6.07) is 8.88. The molecule has 1 saturated heterocycles. The van der Waals surface area contributed by atoms with Gasteiger partial charge in [0, 0.05) is 18.9 Å². The van der Waals surface area contributed by atoms with Crippen molar-refractivity contribution in [3.8, 4) is 0 Å². The third-order valence-corrected chi connectivity index (χ3v) is 5.70. The first-order valence-corrected chi connectivity index (χ1v) is 8.72. The van der Waals surface area contributed by atoms with Gasteiger partial charge >= 0.3 is 0 Å². The summed E-state index contributed by atoms with van der Waals surface area (Å²) in [4.78, 5) is 0.331. The van der Waals surface area contributed by atoms with E-state index in [1.54, 1.807) is 24.5 Å². The molecule has 1 aromatic carbocycles. The molecule has 0 bridgehead atoms. The minimum absolute atomic E-state index is 0.331. The number of benzene rings is 1. The van der Waals surface area contributed by atoms with Crippen molar-refractivity contribution in [3.63, 3.8) is 0 Å². The van der Waals surface area contributed by atoms with Crippen LogP contribution in [0.4, 0.5) is 0 Å². The molecule has 0 radical (unpaired) electrons. The highest BCUT2D eigenvalue weighted by molar-refractivity contribution is 7.90. The molecule has 3 rings (SSSR count). The highest BCUT2D eigenvalue weighted by Crippen LogP contribution is 2.25.